The Kier molecular flexibility index (Phi) is 4.37. The molecule has 1 aromatic carbocycles. The molecule has 0 amide bonds. The Morgan fingerprint density at radius 1 is 1.45 bits per heavy atom. The first kappa shape index (κ1) is 14.9. The van der Waals surface area contributed by atoms with Gasteiger partial charge in [-0.3, -0.25) is 14.9 Å². The van der Waals surface area contributed by atoms with Crippen molar-refractivity contribution in [3.05, 3.63) is 32.5 Å². The molecule has 108 valence electrons. The topological polar surface area (TPSA) is 63.5 Å². The van der Waals surface area contributed by atoms with Gasteiger partial charge in [-0.05, 0) is 35.7 Å². The fourth-order valence-electron chi connectivity index (χ4n) is 2.45. The molecule has 0 bridgehead atoms. The molecule has 1 saturated heterocycles. The number of nitrogens with zero attached hydrogens (tertiary/aromatic N) is 2. The zero-order valence-corrected chi connectivity index (χ0v) is 12.5. The van der Waals surface area contributed by atoms with Crippen LogP contribution in [0.2, 0.25) is 0 Å². The highest BCUT2D eigenvalue weighted by molar-refractivity contribution is 9.10. The van der Waals surface area contributed by atoms with Gasteiger partial charge in [-0.15, -0.1) is 0 Å². The van der Waals surface area contributed by atoms with Crippen molar-refractivity contribution in [3.8, 4) is 0 Å². The highest BCUT2D eigenvalue weighted by Gasteiger charge is 2.27. The number of piperidine rings is 1. The molecule has 1 aliphatic heterocycles. The number of hydrogen-bond donors (Lipinski definition) is 0. The molecule has 20 heavy (non-hydrogen) atoms. The van der Waals surface area contributed by atoms with Crippen LogP contribution in [-0.4, -0.2) is 23.8 Å². The highest BCUT2D eigenvalue weighted by atomic mass is 79.9. The maximum Gasteiger partial charge on any atom is 0.293 e. The van der Waals surface area contributed by atoms with Crippen molar-refractivity contribution in [2.45, 2.75) is 19.8 Å². The lowest BCUT2D eigenvalue weighted by atomic mass is 9.93. The van der Waals surface area contributed by atoms with Gasteiger partial charge < -0.3 is 4.90 Å². The molecule has 0 spiro atoms. The third kappa shape index (κ3) is 2.98. The van der Waals surface area contributed by atoms with E-state index in [0.717, 1.165) is 0 Å². The number of benzene rings is 1. The predicted octanol–water partition coefficient (Wildman–Crippen LogP) is 3.30. The molecule has 1 fully saturated rings. The van der Waals surface area contributed by atoms with Crippen LogP contribution in [-0.2, 0) is 4.79 Å². The molecule has 2 rings (SSSR count). The maximum absolute atomic E-state index is 13.6. The molecule has 0 aromatic heterocycles. The Morgan fingerprint density at radius 2 is 2.05 bits per heavy atom. The number of carbonyl (C=O) groups is 1. The summed E-state index contributed by atoms with van der Waals surface area (Å²) < 4.78 is 13.7. The number of ketones is 1. The summed E-state index contributed by atoms with van der Waals surface area (Å²) in [6, 6.07) is 2.36. The van der Waals surface area contributed by atoms with E-state index in [4.69, 9.17) is 0 Å². The van der Waals surface area contributed by atoms with Crippen molar-refractivity contribution < 1.29 is 14.1 Å². The quantitative estimate of drug-likeness (QED) is 0.623. The third-order valence-corrected chi connectivity index (χ3v) is 4.23. The number of carbonyl (C=O) groups excluding carboxylic acids is 1. The molecule has 5 nitrogen and oxygen atoms in total. The summed E-state index contributed by atoms with van der Waals surface area (Å²) in [5.41, 5.74) is 0.150. The van der Waals surface area contributed by atoms with Gasteiger partial charge in [-0.1, -0.05) is 0 Å². The fraction of sp³-hybridized carbons (Fsp3) is 0.462. The van der Waals surface area contributed by atoms with Crippen molar-refractivity contribution in [1.29, 1.82) is 0 Å². The van der Waals surface area contributed by atoms with E-state index in [2.05, 4.69) is 15.9 Å². The van der Waals surface area contributed by atoms with Crippen LogP contribution in [0.5, 0.6) is 0 Å². The summed E-state index contributed by atoms with van der Waals surface area (Å²) in [4.78, 5) is 23.7. The first-order chi connectivity index (χ1) is 9.40. The Hall–Kier alpha value is -1.50. The average molecular weight is 345 g/mol. The Bertz CT molecular complexity index is 557. The van der Waals surface area contributed by atoms with E-state index >= 15 is 0 Å². The van der Waals surface area contributed by atoms with E-state index in [9.17, 15) is 19.3 Å². The minimum atomic E-state index is -0.528. The number of nitro benzene ring substituents is 1. The van der Waals surface area contributed by atoms with E-state index < -0.39 is 10.7 Å². The summed E-state index contributed by atoms with van der Waals surface area (Å²) in [6.07, 6.45) is 1.29. The number of anilines is 1. The van der Waals surface area contributed by atoms with Crippen molar-refractivity contribution in [2.24, 2.45) is 5.92 Å². The summed E-state index contributed by atoms with van der Waals surface area (Å²) in [7, 11) is 0. The van der Waals surface area contributed by atoms with Crippen molar-refractivity contribution in [2.75, 3.05) is 18.0 Å². The van der Waals surface area contributed by atoms with Crippen LogP contribution < -0.4 is 4.90 Å². The smallest absolute Gasteiger partial charge is 0.293 e. The van der Waals surface area contributed by atoms with Crippen molar-refractivity contribution in [1.82, 2.24) is 0 Å². The lowest BCUT2D eigenvalue weighted by Crippen LogP contribution is -2.36. The van der Waals surface area contributed by atoms with Gasteiger partial charge in [0.1, 0.15) is 17.3 Å². The highest BCUT2D eigenvalue weighted by Crippen LogP contribution is 2.35. The van der Waals surface area contributed by atoms with Gasteiger partial charge in [-0.25, -0.2) is 4.39 Å². The van der Waals surface area contributed by atoms with Gasteiger partial charge in [-0.2, -0.15) is 0 Å². The number of rotatable bonds is 3. The second-order valence-electron chi connectivity index (χ2n) is 4.88. The van der Waals surface area contributed by atoms with Crippen LogP contribution in [0.4, 0.5) is 15.8 Å². The van der Waals surface area contributed by atoms with Gasteiger partial charge in [0, 0.05) is 31.1 Å². The molecule has 0 aliphatic carbocycles. The first-order valence-electron chi connectivity index (χ1n) is 6.29. The maximum atomic E-state index is 13.6. The van der Waals surface area contributed by atoms with Crippen LogP contribution in [0.3, 0.4) is 0 Å². The predicted molar refractivity (Wildman–Crippen MR) is 76.4 cm³/mol. The zero-order chi connectivity index (χ0) is 14.9. The summed E-state index contributed by atoms with van der Waals surface area (Å²) >= 11 is 2.96. The molecule has 1 aromatic rings. The van der Waals surface area contributed by atoms with Gasteiger partial charge in [0.05, 0.1) is 9.40 Å². The first-order valence-corrected chi connectivity index (χ1v) is 7.08. The summed E-state index contributed by atoms with van der Waals surface area (Å²) in [6.45, 7) is 2.60. The molecule has 0 radical (unpaired) electrons. The molecule has 1 aliphatic rings. The molecular formula is C13H14BrFN2O3. The molecule has 0 unspecified atom stereocenters. The number of hydrogen-bond acceptors (Lipinski definition) is 4. The van der Waals surface area contributed by atoms with Crippen LogP contribution in [0.25, 0.3) is 0 Å². The minimum Gasteiger partial charge on any atom is -0.366 e. The Labute approximate surface area is 124 Å². The summed E-state index contributed by atoms with van der Waals surface area (Å²) in [5, 5.41) is 11.1. The second kappa shape index (κ2) is 5.87. The van der Waals surface area contributed by atoms with Gasteiger partial charge in [0.25, 0.3) is 5.69 Å². The van der Waals surface area contributed by atoms with Crippen LogP contribution >= 0.6 is 15.9 Å². The van der Waals surface area contributed by atoms with Gasteiger partial charge in [0.15, 0.2) is 0 Å². The number of nitro groups is 1. The Balaban J connectivity index is 2.27. The third-order valence-electron chi connectivity index (χ3n) is 3.62. The Morgan fingerprint density at radius 3 is 2.55 bits per heavy atom. The molecule has 0 N–H and O–H groups in total. The van der Waals surface area contributed by atoms with Crippen LogP contribution in [0.1, 0.15) is 19.8 Å². The summed E-state index contributed by atoms with van der Waals surface area (Å²) in [5.74, 6) is -0.383. The van der Waals surface area contributed by atoms with E-state index in [1.807, 2.05) is 0 Å². The van der Waals surface area contributed by atoms with Crippen LogP contribution in [0, 0.1) is 21.8 Å². The zero-order valence-electron chi connectivity index (χ0n) is 10.9. The fourth-order valence-corrected chi connectivity index (χ4v) is 2.78. The minimum absolute atomic E-state index is 0.00519. The molecule has 7 heteroatoms. The monoisotopic (exact) mass is 344 g/mol. The standard InChI is InChI=1S/C13H14BrFN2O3/c1-8(18)9-2-4-16(5-3-9)12-7-11(15)10(14)6-13(12)17(19)20/h6-7,9H,2-5H2,1H3. The molecule has 0 saturated carbocycles. The molecule has 1 heterocycles. The van der Waals surface area contributed by atoms with Crippen molar-refractivity contribution >= 4 is 33.1 Å². The number of halogens is 2. The largest absolute Gasteiger partial charge is 0.366 e. The van der Waals surface area contributed by atoms with E-state index in [1.54, 1.807) is 11.8 Å². The number of Topliss-reactive ketones (excluding diaryl/α,β-unsaturated/α-hetero) is 1. The van der Waals surface area contributed by atoms with Crippen molar-refractivity contribution in [3.63, 3.8) is 0 Å². The van der Waals surface area contributed by atoms with E-state index in [1.165, 1.54) is 12.1 Å². The normalized spacial score (nSPS) is 16.2. The molecular weight excluding hydrogens is 331 g/mol. The SMILES string of the molecule is CC(=O)C1CCN(c2cc(F)c(Br)cc2[N+](=O)[O-])CC1. The molecule has 0 atom stereocenters. The van der Waals surface area contributed by atoms with E-state index in [0.29, 0.717) is 25.9 Å². The van der Waals surface area contributed by atoms with Gasteiger partial charge >= 0.3 is 0 Å². The lowest BCUT2D eigenvalue weighted by molar-refractivity contribution is -0.384. The van der Waals surface area contributed by atoms with E-state index in [-0.39, 0.29) is 27.5 Å². The average Bonchev–Trinajstić information content (AvgIpc) is 2.41. The lowest BCUT2D eigenvalue weighted by Gasteiger charge is -2.32. The van der Waals surface area contributed by atoms with Crippen LogP contribution in [0.15, 0.2) is 16.6 Å². The second-order valence-corrected chi connectivity index (χ2v) is 5.74. The van der Waals surface area contributed by atoms with Gasteiger partial charge in [0.2, 0.25) is 0 Å².